The van der Waals surface area contributed by atoms with Crippen molar-refractivity contribution in [1.82, 2.24) is 0 Å². The van der Waals surface area contributed by atoms with Crippen molar-refractivity contribution in [3.8, 4) is 0 Å². The van der Waals surface area contributed by atoms with Crippen LogP contribution in [0.3, 0.4) is 0 Å². The van der Waals surface area contributed by atoms with Crippen LogP contribution >= 0.6 is 0 Å². The summed E-state index contributed by atoms with van der Waals surface area (Å²) in [5, 5.41) is 18.6. The summed E-state index contributed by atoms with van der Waals surface area (Å²) in [6, 6.07) is 0. The van der Waals surface area contributed by atoms with Gasteiger partial charge in [-0.2, -0.15) is 8.42 Å². The predicted molar refractivity (Wildman–Crippen MR) is 106 cm³/mol. The van der Waals surface area contributed by atoms with Gasteiger partial charge in [-0.1, -0.05) is 64.7 Å². The molecule has 0 spiro atoms. The van der Waals surface area contributed by atoms with E-state index in [9.17, 15) is 28.2 Å². The van der Waals surface area contributed by atoms with E-state index in [0.29, 0.717) is 6.42 Å². The largest absolute Gasteiger partial charge is 1.00 e. The Kier molecular flexibility index (Phi) is 18.6. The van der Waals surface area contributed by atoms with Crippen molar-refractivity contribution in [3.05, 3.63) is 11.1 Å². The number of unbranched alkanes of at least 4 members (excludes halogenated alkanes) is 9. The first-order valence-corrected chi connectivity index (χ1v) is 11.4. The molecule has 0 atom stereocenters. The van der Waals surface area contributed by atoms with Gasteiger partial charge < -0.3 is 11.6 Å². The monoisotopic (exact) mass is 430 g/mol. The summed E-state index contributed by atoms with van der Waals surface area (Å²) < 4.78 is 30.2. The van der Waals surface area contributed by atoms with Crippen LogP contribution < -0.4 is 29.6 Å². The van der Waals surface area contributed by atoms with Crippen LogP contribution in [-0.4, -0.2) is 40.9 Å². The zero-order valence-electron chi connectivity index (χ0n) is 18.3. The van der Waals surface area contributed by atoms with Gasteiger partial charge in [-0.3, -0.25) is 4.55 Å². The van der Waals surface area contributed by atoms with Crippen LogP contribution in [0.5, 0.6) is 0 Å². The first-order valence-electron chi connectivity index (χ1n) is 9.82. The SMILES string of the molecule is CCCCCCCCCCCC/C(C(=O)O)=C(\CCCS(=O)(=O)O)C(=O)O.[H-].[Na+]. The molecule has 0 aromatic carbocycles. The van der Waals surface area contributed by atoms with Crippen LogP contribution in [0, 0.1) is 0 Å². The van der Waals surface area contributed by atoms with E-state index >= 15 is 0 Å². The van der Waals surface area contributed by atoms with Crippen LogP contribution in [-0.2, 0) is 19.7 Å². The molecule has 0 aromatic rings. The van der Waals surface area contributed by atoms with Gasteiger partial charge in [0.2, 0.25) is 0 Å². The first-order chi connectivity index (χ1) is 12.7. The molecule has 0 fully saturated rings. The molecule has 0 heterocycles. The maximum atomic E-state index is 11.4. The molecule has 0 aromatic heterocycles. The Morgan fingerprint density at radius 1 is 0.714 bits per heavy atom. The van der Waals surface area contributed by atoms with Gasteiger partial charge in [0.05, 0.1) is 5.75 Å². The molecule has 0 aliphatic heterocycles. The maximum absolute atomic E-state index is 11.4. The number of carbonyl (C=O) groups is 2. The number of aliphatic carboxylic acids is 2. The Bertz CT molecular complexity index is 591. The van der Waals surface area contributed by atoms with Crippen molar-refractivity contribution in [2.24, 2.45) is 0 Å². The second kappa shape index (κ2) is 17.4. The second-order valence-electron chi connectivity index (χ2n) is 6.89. The Hall–Kier alpha value is -0.410. The summed E-state index contributed by atoms with van der Waals surface area (Å²) in [7, 11) is -4.19. The molecule has 0 saturated carbocycles. The van der Waals surface area contributed by atoms with Crippen molar-refractivity contribution in [2.75, 3.05) is 5.75 Å². The van der Waals surface area contributed by atoms with Crippen molar-refractivity contribution < 1.29 is 63.8 Å². The average molecular weight is 431 g/mol. The van der Waals surface area contributed by atoms with Crippen LogP contribution in [0.25, 0.3) is 0 Å². The Morgan fingerprint density at radius 3 is 1.43 bits per heavy atom. The van der Waals surface area contributed by atoms with Gasteiger partial charge in [0.25, 0.3) is 10.1 Å². The number of rotatable bonds is 17. The minimum absolute atomic E-state index is 0. The van der Waals surface area contributed by atoms with E-state index in [0.717, 1.165) is 19.3 Å². The van der Waals surface area contributed by atoms with Crippen molar-refractivity contribution in [1.29, 1.82) is 0 Å². The smallest absolute Gasteiger partial charge is 1.00 e. The Labute approximate surface area is 192 Å². The minimum atomic E-state index is -4.19. The summed E-state index contributed by atoms with van der Waals surface area (Å²) >= 11 is 0. The fraction of sp³-hybridized carbons (Fsp3) is 0.789. The van der Waals surface area contributed by atoms with E-state index in [-0.39, 0.29) is 61.4 Å². The number of carboxylic acid groups (broad SMARTS) is 2. The third-order valence-electron chi connectivity index (χ3n) is 4.49. The predicted octanol–water partition coefficient (Wildman–Crippen LogP) is 1.55. The standard InChI is InChI=1S/C19H34O7S.Na.H/c1-2-3-4-5-6-7-8-9-10-11-13-16(18(20)21)17(19(22)23)14-12-15-27(24,25)26;;/h2-15H2,1H3,(H,20,21)(H,22,23)(H,24,25,26);;/q;+1;-1/b17-16-;;. The van der Waals surface area contributed by atoms with Crippen LogP contribution in [0.4, 0.5) is 0 Å². The second-order valence-corrected chi connectivity index (χ2v) is 8.46. The molecule has 0 rings (SSSR count). The summed E-state index contributed by atoms with van der Waals surface area (Å²) in [5.41, 5.74) is -0.445. The molecular weight excluding hydrogens is 395 g/mol. The van der Waals surface area contributed by atoms with Crippen molar-refractivity contribution >= 4 is 22.1 Å². The molecular formula is C19H35NaO7S. The molecule has 0 saturated heterocycles. The summed E-state index contributed by atoms with van der Waals surface area (Å²) in [6.07, 6.45) is 10.8. The van der Waals surface area contributed by atoms with Crippen molar-refractivity contribution in [2.45, 2.75) is 90.4 Å². The third-order valence-corrected chi connectivity index (χ3v) is 5.29. The number of carboxylic acids is 2. The minimum Gasteiger partial charge on any atom is -1.00 e. The topological polar surface area (TPSA) is 129 Å². The number of hydrogen-bond donors (Lipinski definition) is 3. The molecule has 0 radical (unpaired) electrons. The van der Waals surface area contributed by atoms with E-state index in [1.807, 2.05) is 0 Å². The molecule has 7 nitrogen and oxygen atoms in total. The first kappa shape index (κ1) is 29.8. The van der Waals surface area contributed by atoms with Gasteiger partial charge in [0.15, 0.2) is 0 Å². The van der Waals surface area contributed by atoms with Gasteiger partial charge in [0.1, 0.15) is 0 Å². The van der Waals surface area contributed by atoms with E-state index in [4.69, 9.17) is 4.55 Å². The van der Waals surface area contributed by atoms with E-state index in [1.54, 1.807) is 0 Å². The van der Waals surface area contributed by atoms with Gasteiger partial charge in [-0.05, 0) is 25.7 Å². The normalized spacial score (nSPS) is 12.2. The molecule has 0 aliphatic rings. The summed E-state index contributed by atoms with van der Waals surface area (Å²) in [6.45, 7) is 2.18. The zero-order chi connectivity index (χ0) is 20.7. The van der Waals surface area contributed by atoms with Gasteiger partial charge in [0, 0.05) is 11.1 Å². The Morgan fingerprint density at radius 2 is 1.07 bits per heavy atom. The average Bonchev–Trinajstić information content (AvgIpc) is 2.56. The zero-order valence-corrected chi connectivity index (χ0v) is 20.1. The quantitative estimate of drug-likeness (QED) is 0.138. The third kappa shape index (κ3) is 16.5. The van der Waals surface area contributed by atoms with E-state index < -0.39 is 27.8 Å². The Balaban J connectivity index is -0.00000338. The van der Waals surface area contributed by atoms with Crippen LogP contribution in [0.15, 0.2) is 11.1 Å². The molecule has 0 unspecified atom stereocenters. The van der Waals surface area contributed by atoms with Crippen LogP contribution in [0.2, 0.25) is 0 Å². The molecule has 160 valence electrons. The van der Waals surface area contributed by atoms with Gasteiger partial charge in [-0.25, -0.2) is 9.59 Å². The molecule has 28 heavy (non-hydrogen) atoms. The van der Waals surface area contributed by atoms with Gasteiger partial charge in [-0.15, -0.1) is 0 Å². The molecule has 0 bridgehead atoms. The molecule has 0 amide bonds. The van der Waals surface area contributed by atoms with Crippen molar-refractivity contribution in [3.63, 3.8) is 0 Å². The molecule has 3 N–H and O–H groups in total. The molecule has 9 heteroatoms. The number of hydrogen-bond acceptors (Lipinski definition) is 4. The molecule has 0 aliphatic carbocycles. The summed E-state index contributed by atoms with van der Waals surface area (Å²) in [5.74, 6) is -3.22. The van der Waals surface area contributed by atoms with E-state index in [2.05, 4.69) is 6.92 Å². The van der Waals surface area contributed by atoms with E-state index in [1.165, 1.54) is 38.5 Å². The maximum Gasteiger partial charge on any atom is 1.00 e. The fourth-order valence-corrected chi connectivity index (χ4v) is 3.50. The summed E-state index contributed by atoms with van der Waals surface area (Å²) in [4.78, 5) is 22.8. The fourth-order valence-electron chi connectivity index (χ4n) is 2.99. The van der Waals surface area contributed by atoms with Gasteiger partial charge >= 0.3 is 41.5 Å². The van der Waals surface area contributed by atoms with Crippen LogP contribution in [0.1, 0.15) is 91.8 Å².